The van der Waals surface area contributed by atoms with Crippen LogP contribution in [0.25, 0.3) is 0 Å². The monoisotopic (exact) mass is 171 g/mol. The molecule has 0 unspecified atom stereocenters. The molecular formula is C9H21N3. The zero-order valence-electron chi connectivity index (χ0n) is 8.78. The summed E-state index contributed by atoms with van der Waals surface area (Å²) in [5.41, 5.74) is 1.03. The Morgan fingerprint density at radius 3 is 2.00 bits per heavy atom. The van der Waals surface area contributed by atoms with Crippen LogP contribution in [0, 0.1) is 0 Å². The highest BCUT2D eigenvalue weighted by molar-refractivity contribution is 5.14. The van der Waals surface area contributed by atoms with Crippen molar-refractivity contribution in [3.63, 3.8) is 0 Å². The molecule has 3 N–H and O–H groups in total. The van der Waals surface area contributed by atoms with Gasteiger partial charge in [-0.05, 0) is 27.4 Å². The molecule has 0 aromatic heterocycles. The summed E-state index contributed by atoms with van der Waals surface area (Å²) in [6.07, 6.45) is 3.21. The molecule has 0 amide bonds. The van der Waals surface area contributed by atoms with Crippen molar-refractivity contribution >= 4 is 0 Å². The Morgan fingerprint density at radius 1 is 1.25 bits per heavy atom. The number of likely N-dealkylation sites (N-methyl/N-ethyl adjacent to an activating group) is 3. The van der Waals surface area contributed by atoms with E-state index in [9.17, 15) is 0 Å². The zero-order chi connectivity index (χ0) is 9.61. The summed E-state index contributed by atoms with van der Waals surface area (Å²) in [6.45, 7) is 4.23. The van der Waals surface area contributed by atoms with Gasteiger partial charge in [-0.1, -0.05) is 13.0 Å². The first-order valence-corrected chi connectivity index (χ1v) is 4.40. The summed E-state index contributed by atoms with van der Waals surface area (Å²) in [4.78, 5) is 0. The lowest BCUT2D eigenvalue weighted by Gasteiger charge is -2.31. The Morgan fingerprint density at radius 2 is 1.75 bits per heavy atom. The fraction of sp³-hybridized carbons (Fsp3) is 0.778. The minimum Gasteiger partial charge on any atom is -0.389 e. The van der Waals surface area contributed by atoms with E-state index in [1.807, 2.05) is 21.1 Å². The predicted octanol–water partition coefficient (Wildman–Crippen LogP) is 0.655. The first-order chi connectivity index (χ1) is 5.64. The molecular weight excluding hydrogens is 150 g/mol. The standard InChI is InChI=1S/C9H21N3/c1-6-7-8(10-3)9(2,11-4)12-5/h7,10-12H,6H2,1-5H3. The quantitative estimate of drug-likeness (QED) is 0.532. The second-order valence-electron chi connectivity index (χ2n) is 2.90. The fourth-order valence-corrected chi connectivity index (χ4v) is 1.15. The lowest BCUT2D eigenvalue weighted by Crippen LogP contribution is -2.55. The van der Waals surface area contributed by atoms with Gasteiger partial charge in [0, 0.05) is 12.7 Å². The maximum Gasteiger partial charge on any atom is 0.106 e. The van der Waals surface area contributed by atoms with Crippen LogP contribution in [-0.2, 0) is 0 Å². The van der Waals surface area contributed by atoms with Crippen LogP contribution in [0.1, 0.15) is 20.3 Å². The van der Waals surface area contributed by atoms with Gasteiger partial charge in [0.15, 0.2) is 0 Å². The molecule has 0 rings (SSSR count). The van der Waals surface area contributed by atoms with Crippen molar-refractivity contribution in [2.75, 3.05) is 21.1 Å². The Bertz CT molecular complexity index is 148. The molecule has 0 aromatic carbocycles. The number of hydrogen-bond donors (Lipinski definition) is 3. The third-order valence-corrected chi connectivity index (χ3v) is 2.22. The zero-order valence-corrected chi connectivity index (χ0v) is 8.78. The van der Waals surface area contributed by atoms with E-state index in [1.54, 1.807) is 0 Å². The molecule has 0 aliphatic rings. The molecule has 3 heteroatoms. The normalized spacial score (nSPS) is 13.2. The van der Waals surface area contributed by atoms with Crippen molar-refractivity contribution < 1.29 is 0 Å². The number of hydrogen-bond acceptors (Lipinski definition) is 3. The number of nitrogens with one attached hydrogen (secondary N) is 3. The summed E-state index contributed by atoms with van der Waals surface area (Å²) < 4.78 is 0. The average molecular weight is 171 g/mol. The smallest absolute Gasteiger partial charge is 0.106 e. The summed E-state index contributed by atoms with van der Waals surface area (Å²) in [6, 6.07) is 0. The van der Waals surface area contributed by atoms with E-state index in [1.165, 1.54) is 5.70 Å². The van der Waals surface area contributed by atoms with Gasteiger partial charge in [0.2, 0.25) is 0 Å². The number of rotatable bonds is 5. The molecule has 0 spiro atoms. The van der Waals surface area contributed by atoms with Crippen LogP contribution < -0.4 is 16.0 Å². The summed E-state index contributed by atoms with van der Waals surface area (Å²) >= 11 is 0. The van der Waals surface area contributed by atoms with Crippen LogP contribution in [0.3, 0.4) is 0 Å². The molecule has 3 nitrogen and oxygen atoms in total. The predicted molar refractivity (Wildman–Crippen MR) is 54.0 cm³/mol. The van der Waals surface area contributed by atoms with Crippen LogP contribution in [0.15, 0.2) is 11.8 Å². The van der Waals surface area contributed by atoms with Crippen molar-refractivity contribution in [1.82, 2.24) is 16.0 Å². The SMILES string of the molecule is CCC=C(NC)C(C)(NC)NC. The van der Waals surface area contributed by atoms with Gasteiger partial charge in [0.1, 0.15) is 5.66 Å². The van der Waals surface area contributed by atoms with Gasteiger partial charge >= 0.3 is 0 Å². The van der Waals surface area contributed by atoms with E-state index in [4.69, 9.17) is 0 Å². The molecule has 0 atom stereocenters. The van der Waals surface area contributed by atoms with Gasteiger partial charge in [-0.2, -0.15) is 0 Å². The first kappa shape index (κ1) is 11.5. The molecule has 0 fully saturated rings. The van der Waals surface area contributed by atoms with Crippen LogP contribution in [0.4, 0.5) is 0 Å². The molecule has 0 aliphatic heterocycles. The maximum atomic E-state index is 3.22. The highest BCUT2D eigenvalue weighted by Crippen LogP contribution is 2.09. The molecule has 0 saturated carbocycles. The van der Waals surface area contributed by atoms with Crippen molar-refractivity contribution in [3.05, 3.63) is 11.8 Å². The second kappa shape index (κ2) is 5.17. The molecule has 0 heterocycles. The van der Waals surface area contributed by atoms with E-state index < -0.39 is 0 Å². The molecule has 0 aromatic rings. The highest BCUT2D eigenvalue weighted by atomic mass is 15.2. The second-order valence-corrected chi connectivity index (χ2v) is 2.90. The minimum atomic E-state index is -0.148. The Kier molecular flexibility index (Phi) is 4.93. The van der Waals surface area contributed by atoms with Crippen molar-refractivity contribution in [3.8, 4) is 0 Å². The van der Waals surface area contributed by atoms with Gasteiger partial charge in [-0.3, -0.25) is 10.6 Å². The summed E-state index contributed by atoms with van der Waals surface area (Å²) in [7, 11) is 5.82. The molecule has 0 aliphatic carbocycles. The first-order valence-electron chi connectivity index (χ1n) is 4.40. The lowest BCUT2D eigenvalue weighted by atomic mass is 10.1. The van der Waals surface area contributed by atoms with Gasteiger partial charge in [0.05, 0.1) is 0 Å². The summed E-state index contributed by atoms with van der Waals surface area (Å²) in [5.74, 6) is 0. The Balaban J connectivity index is 4.55. The minimum absolute atomic E-state index is 0.148. The van der Waals surface area contributed by atoms with E-state index in [2.05, 4.69) is 35.9 Å². The van der Waals surface area contributed by atoms with Crippen LogP contribution >= 0.6 is 0 Å². The lowest BCUT2D eigenvalue weighted by molar-refractivity contribution is 0.370. The molecule has 0 radical (unpaired) electrons. The van der Waals surface area contributed by atoms with Gasteiger partial charge in [0.25, 0.3) is 0 Å². The van der Waals surface area contributed by atoms with Gasteiger partial charge in [-0.15, -0.1) is 0 Å². The van der Waals surface area contributed by atoms with E-state index in [0.29, 0.717) is 0 Å². The Hall–Kier alpha value is -0.540. The highest BCUT2D eigenvalue weighted by Gasteiger charge is 2.22. The third-order valence-electron chi connectivity index (χ3n) is 2.22. The molecule has 0 saturated heterocycles. The molecule has 12 heavy (non-hydrogen) atoms. The topological polar surface area (TPSA) is 36.1 Å². The average Bonchev–Trinajstić information content (AvgIpc) is 2.13. The fourth-order valence-electron chi connectivity index (χ4n) is 1.15. The van der Waals surface area contributed by atoms with Crippen molar-refractivity contribution in [1.29, 1.82) is 0 Å². The number of allylic oxidation sites excluding steroid dienone is 1. The van der Waals surface area contributed by atoms with E-state index in [0.717, 1.165) is 6.42 Å². The third kappa shape index (κ3) is 2.50. The molecule has 0 bridgehead atoms. The van der Waals surface area contributed by atoms with Crippen molar-refractivity contribution in [2.24, 2.45) is 0 Å². The van der Waals surface area contributed by atoms with Crippen LogP contribution in [0.5, 0.6) is 0 Å². The summed E-state index contributed by atoms with van der Waals surface area (Å²) in [5, 5.41) is 9.63. The van der Waals surface area contributed by atoms with E-state index in [-0.39, 0.29) is 5.66 Å². The van der Waals surface area contributed by atoms with Gasteiger partial charge in [-0.25, -0.2) is 0 Å². The van der Waals surface area contributed by atoms with Crippen molar-refractivity contribution in [2.45, 2.75) is 25.9 Å². The Labute approximate surface area is 75.6 Å². The van der Waals surface area contributed by atoms with E-state index >= 15 is 0 Å². The van der Waals surface area contributed by atoms with Crippen LogP contribution in [0.2, 0.25) is 0 Å². The van der Waals surface area contributed by atoms with Crippen LogP contribution in [-0.4, -0.2) is 26.8 Å². The maximum absolute atomic E-state index is 3.22. The van der Waals surface area contributed by atoms with Gasteiger partial charge < -0.3 is 5.32 Å². The molecule has 72 valence electrons. The largest absolute Gasteiger partial charge is 0.389 e.